The van der Waals surface area contributed by atoms with E-state index >= 15 is 0 Å². The van der Waals surface area contributed by atoms with Crippen molar-refractivity contribution >= 4 is 0 Å². The fourth-order valence-electron chi connectivity index (χ4n) is 4.11. The van der Waals surface area contributed by atoms with Crippen LogP contribution in [0, 0.1) is 0 Å². The molecule has 0 radical (unpaired) electrons. The van der Waals surface area contributed by atoms with Gasteiger partial charge in [0.2, 0.25) is 0 Å². The van der Waals surface area contributed by atoms with Crippen molar-refractivity contribution in [3.05, 3.63) is 35.9 Å². The number of rotatable bonds is 5. The fraction of sp³-hybridized carbons (Fsp3) is 0.684. The first-order chi connectivity index (χ1) is 10.7. The Bertz CT molecular complexity index is 464. The molecule has 2 saturated heterocycles. The van der Waals surface area contributed by atoms with Crippen molar-refractivity contribution in [2.24, 2.45) is 0 Å². The Morgan fingerprint density at radius 1 is 1.18 bits per heavy atom. The third-order valence-corrected chi connectivity index (χ3v) is 5.48. The Morgan fingerprint density at radius 3 is 2.77 bits per heavy atom. The zero-order valence-corrected chi connectivity index (χ0v) is 14.0. The summed E-state index contributed by atoms with van der Waals surface area (Å²) in [5, 5.41) is 0. The second-order valence-electron chi connectivity index (χ2n) is 7.10. The summed E-state index contributed by atoms with van der Waals surface area (Å²) in [7, 11) is 1.73. The van der Waals surface area contributed by atoms with Crippen molar-refractivity contribution in [1.29, 1.82) is 0 Å². The van der Waals surface area contributed by atoms with Gasteiger partial charge in [0.1, 0.15) is 0 Å². The molecule has 122 valence electrons. The zero-order chi connectivity index (χ0) is 15.4. The van der Waals surface area contributed by atoms with Gasteiger partial charge in [0.15, 0.2) is 0 Å². The van der Waals surface area contributed by atoms with Gasteiger partial charge in [-0.15, -0.1) is 0 Å². The Morgan fingerprint density at radius 2 is 2.00 bits per heavy atom. The van der Waals surface area contributed by atoms with Crippen LogP contribution < -0.4 is 0 Å². The molecule has 1 aromatic rings. The molecule has 3 heteroatoms. The van der Waals surface area contributed by atoms with E-state index in [0.29, 0.717) is 24.2 Å². The minimum atomic E-state index is 0.307. The van der Waals surface area contributed by atoms with Crippen molar-refractivity contribution in [3.63, 3.8) is 0 Å². The molecule has 3 rings (SSSR count). The number of piperidine rings is 2. The number of hydrogen-bond acceptors (Lipinski definition) is 3. The van der Waals surface area contributed by atoms with Crippen LogP contribution in [0.15, 0.2) is 30.3 Å². The largest absolute Gasteiger partial charge is 0.382 e. The summed E-state index contributed by atoms with van der Waals surface area (Å²) >= 11 is 0. The van der Waals surface area contributed by atoms with Gasteiger partial charge >= 0.3 is 0 Å². The molecule has 0 amide bonds. The molecule has 1 aromatic carbocycles. The molecular formula is C19H29NO2. The van der Waals surface area contributed by atoms with Crippen LogP contribution in [0.1, 0.15) is 38.2 Å². The molecule has 0 N–H and O–H groups in total. The Labute approximate surface area is 134 Å². The summed E-state index contributed by atoms with van der Waals surface area (Å²) in [5.41, 5.74) is 1.80. The van der Waals surface area contributed by atoms with Gasteiger partial charge in [0.25, 0.3) is 0 Å². The Hall–Kier alpha value is -0.900. The molecule has 0 aromatic heterocycles. The summed E-state index contributed by atoms with van der Waals surface area (Å²) in [4.78, 5) is 2.70. The Balaban J connectivity index is 1.57. The molecule has 3 unspecified atom stereocenters. The standard InChI is InChI=1S/C19H29NO2/c1-19(16-6-4-3-5-7-16)10-8-17-14-18(22-13-12-21-2)9-11-20(17)15-19/h3-7,17-18H,8-15H2,1-2H3. The van der Waals surface area contributed by atoms with Crippen LogP contribution in [0.4, 0.5) is 0 Å². The lowest BCUT2D eigenvalue weighted by Gasteiger charge is -2.49. The van der Waals surface area contributed by atoms with Crippen LogP contribution in [-0.2, 0) is 14.9 Å². The first-order valence-electron chi connectivity index (χ1n) is 8.61. The molecule has 0 bridgehead atoms. The molecular weight excluding hydrogens is 274 g/mol. The number of fused-ring (bicyclic) bond motifs is 1. The van der Waals surface area contributed by atoms with Gasteiger partial charge in [-0.05, 0) is 31.2 Å². The second-order valence-corrected chi connectivity index (χ2v) is 7.10. The monoisotopic (exact) mass is 303 g/mol. The van der Waals surface area contributed by atoms with E-state index in [4.69, 9.17) is 9.47 Å². The van der Waals surface area contributed by atoms with Crippen LogP contribution in [0.25, 0.3) is 0 Å². The molecule has 3 nitrogen and oxygen atoms in total. The predicted octanol–water partition coefficient (Wildman–Crippen LogP) is 3.23. The van der Waals surface area contributed by atoms with Crippen LogP contribution in [0.2, 0.25) is 0 Å². The molecule has 2 heterocycles. The summed E-state index contributed by atoms with van der Waals surface area (Å²) in [6.07, 6.45) is 5.34. The highest BCUT2D eigenvalue weighted by molar-refractivity contribution is 5.26. The maximum atomic E-state index is 5.96. The maximum absolute atomic E-state index is 5.96. The topological polar surface area (TPSA) is 21.7 Å². The number of nitrogens with zero attached hydrogens (tertiary/aromatic N) is 1. The molecule has 2 fully saturated rings. The molecule has 0 aliphatic carbocycles. The second kappa shape index (κ2) is 7.12. The van der Waals surface area contributed by atoms with E-state index in [1.807, 2.05) is 0 Å². The predicted molar refractivity (Wildman–Crippen MR) is 89.2 cm³/mol. The number of methoxy groups -OCH3 is 1. The molecule has 0 saturated carbocycles. The lowest BCUT2D eigenvalue weighted by atomic mass is 9.72. The smallest absolute Gasteiger partial charge is 0.0704 e. The van der Waals surface area contributed by atoms with Gasteiger partial charge in [-0.3, -0.25) is 4.90 Å². The lowest BCUT2D eigenvalue weighted by molar-refractivity contribution is -0.0484. The summed E-state index contributed by atoms with van der Waals surface area (Å²) < 4.78 is 11.0. The van der Waals surface area contributed by atoms with Gasteiger partial charge in [0, 0.05) is 31.7 Å². The Kier molecular flexibility index (Phi) is 5.17. The highest BCUT2D eigenvalue weighted by Crippen LogP contribution is 2.39. The van der Waals surface area contributed by atoms with E-state index < -0.39 is 0 Å². The van der Waals surface area contributed by atoms with Crippen LogP contribution >= 0.6 is 0 Å². The van der Waals surface area contributed by atoms with Crippen LogP contribution in [0.3, 0.4) is 0 Å². The molecule has 22 heavy (non-hydrogen) atoms. The minimum absolute atomic E-state index is 0.307. The number of benzene rings is 1. The minimum Gasteiger partial charge on any atom is -0.382 e. The van der Waals surface area contributed by atoms with Crippen molar-refractivity contribution in [1.82, 2.24) is 4.90 Å². The molecule has 0 spiro atoms. The van der Waals surface area contributed by atoms with Gasteiger partial charge < -0.3 is 9.47 Å². The number of ether oxygens (including phenoxy) is 2. The molecule has 2 aliphatic heterocycles. The summed E-state index contributed by atoms with van der Waals surface area (Å²) in [5.74, 6) is 0. The van der Waals surface area contributed by atoms with Gasteiger partial charge in [-0.25, -0.2) is 0 Å². The van der Waals surface area contributed by atoms with E-state index in [0.717, 1.165) is 13.0 Å². The normalized spacial score (nSPS) is 32.6. The zero-order valence-electron chi connectivity index (χ0n) is 14.0. The van der Waals surface area contributed by atoms with Crippen molar-refractivity contribution in [2.45, 2.75) is 50.2 Å². The third-order valence-electron chi connectivity index (χ3n) is 5.48. The quantitative estimate of drug-likeness (QED) is 0.780. The van der Waals surface area contributed by atoms with Crippen LogP contribution in [-0.4, -0.2) is 50.5 Å². The van der Waals surface area contributed by atoms with Gasteiger partial charge in [-0.2, -0.15) is 0 Å². The summed E-state index contributed by atoms with van der Waals surface area (Å²) in [6.45, 7) is 6.23. The summed E-state index contributed by atoms with van der Waals surface area (Å²) in [6, 6.07) is 11.7. The van der Waals surface area contributed by atoms with Crippen molar-refractivity contribution in [3.8, 4) is 0 Å². The fourth-order valence-corrected chi connectivity index (χ4v) is 4.11. The highest BCUT2D eigenvalue weighted by Gasteiger charge is 2.40. The maximum Gasteiger partial charge on any atom is 0.0704 e. The van der Waals surface area contributed by atoms with Crippen LogP contribution in [0.5, 0.6) is 0 Å². The SMILES string of the molecule is COCCOC1CCN2CC(C)(c3ccccc3)CCC2C1. The first kappa shape index (κ1) is 16.0. The average Bonchev–Trinajstić information content (AvgIpc) is 2.56. The van der Waals surface area contributed by atoms with Crippen molar-refractivity contribution < 1.29 is 9.47 Å². The lowest BCUT2D eigenvalue weighted by Crippen LogP contribution is -2.54. The van der Waals surface area contributed by atoms with E-state index in [1.54, 1.807) is 7.11 Å². The highest BCUT2D eigenvalue weighted by atomic mass is 16.5. The van der Waals surface area contributed by atoms with Gasteiger partial charge in [-0.1, -0.05) is 37.3 Å². The van der Waals surface area contributed by atoms with E-state index in [-0.39, 0.29) is 0 Å². The molecule has 2 aliphatic rings. The third kappa shape index (κ3) is 3.53. The van der Waals surface area contributed by atoms with E-state index in [9.17, 15) is 0 Å². The number of hydrogen-bond donors (Lipinski definition) is 0. The van der Waals surface area contributed by atoms with E-state index in [2.05, 4.69) is 42.2 Å². The first-order valence-corrected chi connectivity index (χ1v) is 8.61. The molecule has 3 atom stereocenters. The average molecular weight is 303 g/mol. The van der Waals surface area contributed by atoms with Crippen molar-refractivity contribution in [2.75, 3.05) is 33.4 Å². The van der Waals surface area contributed by atoms with E-state index in [1.165, 1.54) is 37.9 Å². The van der Waals surface area contributed by atoms with Gasteiger partial charge in [0.05, 0.1) is 19.3 Å².